The third-order valence-corrected chi connectivity index (χ3v) is 4.64. The Balaban J connectivity index is 1.83. The molecular formula is C19H21N3O4. The van der Waals surface area contributed by atoms with Gasteiger partial charge in [0.05, 0.1) is 13.7 Å². The van der Waals surface area contributed by atoms with Gasteiger partial charge in [-0.3, -0.25) is 19.7 Å². The van der Waals surface area contributed by atoms with Gasteiger partial charge in [0.15, 0.2) is 0 Å². The lowest BCUT2D eigenvalue weighted by molar-refractivity contribution is -0.137. The molecule has 0 radical (unpaired) electrons. The third-order valence-electron chi connectivity index (χ3n) is 4.64. The first kappa shape index (κ1) is 17.9. The van der Waals surface area contributed by atoms with Gasteiger partial charge in [0.25, 0.3) is 5.91 Å². The number of amides is 3. The van der Waals surface area contributed by atoms with Crippen molar-refractivity contribution in [2.45, 2.75) is 18.9 Å². The SMILES string of the molecule is COc1ccc(C(=O)NC(=O)[C@@H]2CCCN2C(=O)CN)c2ccccc12. The molecule has 1 aliphatic heterocycles. The Morgan fingerprint density at radius 2 is 1.92 bits per heavy atom. The molecule has 0 saturated carbocycles. The summed E-state index contributed by atoms with van der Waals surface area (Å²) in [4.78, 5) is 38.5. The fourth-order valence-corrected chi connectivity index (χ4v) is 3.37. The molecule has 2 aromatic carbocycles. The van der Waals surface area contributed by atoms with Gasteiger partial charge in [0.1, 0.15) is 11.8 Å². The van der Waals surface area contributed by atoms with Crippen molar-refractivity contribution in [3.05, 3.63) is 42.0 Å². The van der Waals surface area contributed by atoms with Gasteiger partial charge in [-0.25, -0.2) is 0 Å². The monoisotopic (exact) mass is 355 g/mol. The predicted octanol–water partition coefficient (Wildman–Crippen LogP) is 1.05. The van der Waals surface area contributed by atoms with E-state index in [1.54, 1.807) is 25.3 Å². The summed E-state index contributed by atoms with van der Waals surface area (Å²) < 4.78 is 5.32. The molecule has 7 heteroatoms. The van der Waals surface area contributed by atoms with Gasteiger partial charge in [-0.15, -0.1) is 0 Å². The lowest BCUT2D eigenvalue weighted by Crippen LogP contribution is -2.49. The zero-order valence-electron chi connectivity index (χ0n) is 14.5. The van der Waals surface area contributed by atoms with E-state index < -0.39 is 17.9 Å². The Kier molecular flexibility index (Phi) is 5.18. The highest BCUT2D eigenvalue weighted by Gasteiger charge is 2.34. The highest BCUT2D eigenvalue weighted by Crippen LogP contribution is 2.28. The molecule has 0 aliphatic carbocycles. The number of carbonyl (C=O) groups excluding carboxylic acids is 3. The largest absolute Gasteiger partial charge is 0.496 e. The molecule has 136 valence electrons. The zero-order valence-corrected chi connectivity index (χ0v) is 14.5. The minimum atomic E-state index is -0.653. The summed E-state index contributed by atoms with van der Waals surface area (Å²) in [5.74, 6) is -0.612. The van der Waals surface area contributed by atoms with E-state index >= 15 is 0 Å². The standard InChI is InChI=1S/C19H21N3O4/c1-26-16-9-8-14(12-5-2-3-6-13(12)16)18(24)21-19(25)15-7-4-10-22(15)17(23)11-20/h2-3,5-6,8-9,15H,4,7,10-11,20H2,1H3,(H,21,24,25)/t15-/m0/s1. The zero-order chi connectivity index (χ0) is 18.7. The van der Waals surface area contributed by atoms with Crippen LogP contribution in [-0.2, 0) is 9.59 Å². The van der Waals surface area contributed by atoms with Gasteiger partial charge in [0, 0.05) is 17.5 Å². The van der Waals surface area contributed by atoms with Gasteiger partial charge in [-0.05, 0) is 30.4 Å². The molecule has 0 unspecified atom stereocenters. The average Bonchev–Trinajstić information content (AvgIpc) is 3.16. The number of ether oxygens (including phenoxy) is 1. The second kappa shape index (κ2) is 7.53. The summed E-state index contributed by atoms with van der Waals surface area (Å²) in [5, 5.41) is 3.90. The number of nitrogens with one attached hydrogen (secondary N) is 1. The Morgan fingerprint density at radius 1 is 1.19 bits per heavy atom. The first-order valence-electron chi connectivity index (χ1n) is 8.47. The van der Waals surface area contributed by atoms with Crippen LogP contribution in [0.1, 0.15) is 23.2 Å². The van der Waals surface area contributed by atoms with Crippen LogP contribution in [0.25, 0.3) is 10.8 Å². The molecular weight excluding hydrogens is 334 g/mol. The molecule has 1 fully saturated rings. The molecule has 26 heavy (non-hydrogen) atoms. The quantitative estimate of drug-likeness (QED) is 0.799. The van der Waals surface area contributed by atoms with Crippen molar-refractivity contribution >= 4 is 28.5 Å². The maximum absolute atomic E-state index is 12.7. The van der Waals surface area contributed by atoms with Gasteiger partial charge in [-0.1, -0.05) is 24.3 Å². The summed E-state index contributed by atoms with van der Waals surface area (Å²) in [6.07, 6.45) is 1.23. The van der Waals surface area contributed by atoms with Crippen molar-refractivity contribution in [1.29, 1.82) is 0 Å². The number of methoxy groups -OCH3 is 1. The number of rotatable bonds is 4. The molecule has 0 bridgehead atoms. The Labute approximate surface area is 151 Å². The fraction of sp³-hybridized carbons (Fsp3) is 0.316. The van der Waals surface area contributed by atoms with E-state index in [2.05, 4.69) is 5.32 Å². The van der Waals surface area contributed by atoms with Crippen molar-refractivity contribution in [3.63, 3.8) is 0 Å². The van der Waals surface area contributed by atoms with E-state index in [0.717, 1.165) is 5.39 Å². The first-order chi connectivity index (χ1) is 12.6. The van der Waals surface area contributed by atoms with Crippen LogP contribution in [0.2, 0.25) is 0 Å². The smallest absolute Gasteiger partial charge is 0.258 e. The summed E-state index contributed by atoms with van der Waals surface area (Å²) in [6, 6.07) is 10.00. The van der Waals surface area contributed by atoms with Crippen molar-refractivity contribution in [3.8, 4) is 5.75 Å². The van der Waals surface area contributed by atoms with Crippen molar-refractivity contribution < 1.29 is 19.1 Å². The van der Waals surface area contributed by atoms with Crippen LogP contribution in [0.3, 0.4) is 0 Å². The van der Waals surface area contributed by atoms with Crippen molar-refractivity contribution in [2.24, 2.45) is 5.73 Å². The molecule has 1 aliphatic rings. The molecule has 7 nitrogen and oxygen atoms in total. The Morgan fingerprint density at radius 3 is 2.62 bits per heavy atom. The summed E-state index contributed by atoms with van der Waals surface area (Å²) in [6.45, 7) is 0.328. The third kappa shape index (κ3) is 3.25. The summed E-state index contributed by atoms with van der Waals surface area (Å²) in [5.41, 5.74) is 5.77. The summed E-state index contributed by atoms with van der Waals surface area (Å²) in [7, 11) is 1.56. The van der Waals surface area contributed by atoms with Crippen LogP contribution >= 0.6 is 0 Å². The number of hydrogen-bond acceptors (Lipinski definition) is 5. The maximum Gasteiger partial charge on any atom is 0.258 e. The summed E-state index contributed by atoms with van der Waals surface area (Å²) >= 11 is 0. The van der Waals surface area contributed by atoms with Crippen molar-refractivity contribution in [2.75, 3.05) is 20.2 Å². The highest BCUT2D eigenvalue weighted by atomic mass is 16.5. The second-order valence-corrected chi connectivity index (χ2v) is 6.13. The number of imide groups is 1. The predicted molar refractivity (Wildman–Crippen MR) is 96.8 cm³/mol. The van der Waals surface area contributed by atoms with Crippen LogP contribution in [0.5, 0.6) is 5.75 Å². The lowest BCUT2D eigenvalue weighted by Gasteiger charge is -2.23. The molecule has 2 aromatic rings. The van der Waals surface area contributed by atoms with E-state index in [1.165, 1.54) is 4.90 Å². The molecule has 0 spiro atoms. The number of likely N-dealkylation sites (tertiary alicyclic amines) is 1. The number of carbonyl (C=O) groups is 3. The van der Waals surface area contributed by atoms with E-state index in [9.17, 15) is 14.4 Å². The van der Waals surface area contributed by atoms with Crippen LogP contribution in [0.15, 0.2) is 36.4 Å². The van der Waals surface area contributed by atoms with Crippen LogP contribution in [-0.4, -0.2) is 48.9 Å². The number of benzene rings is 2. The van der Waals surface area contributed by atoms with Crippen LogP contribution in [0, 0.1) is 0 Å². The van der Waals surface area contributed by atoms with E-state index in [0.29, 0.717) is 36.1 Å². The maximum atomic E-state index is 12.7. The normalized spacial score (nSPS) is 16.5. The van der Waals surface area contributed by atoms with E-state index in [-0.39, 0.29) is 12.5 Å². The van der Waals surface area contributed by atoms with Gasteiger partial charge in [-0.2, -0.15) is 0 Å². The molecule has 3 rings (SSSR count). The van der Waals surface area contributed by atoms with E-state index in [4.69, 9.17) is 10.5 Å². The molecule has 1 atom stereocenters. The topological polar surface area (TPSA) is 102 Å². The second-order valence-electron chi connectivity index (χ2n) is 6.13. The average molecular weight is 355 g/mol. The molecule has 3 N–H and O–H groups in total. The minimum absolute atomic E-state index is 0.152. The number of fused-ring (bicyclic) bond motifs is 1. The molecule has 1 heterocycles. The minimum Gasteiger partial charge on any atom is -0.496 e. The number of hydrogen-bond donors (Lipinski definition) is 2. The van der Waals surface area contributed by atoms with Gasteiger partial charge < -0.3 is 15.4 Å². The number of nitrogens with two attached hydrogens (primary N) is 1. The molecule has 1 saturated heterocycles. The molecule has 3 amide bonds. The number of nitrogens with zero attached hydrogens (tertiary/aromatic N) is 1. The Bertz CT molecular complexity index is 865. The Hall–Kier alpha value is -2.93. The first-order valence-corrected chi connectivity index (χ1v) is 8.47. The lowest BCUT2D eigenvalue weighted by atomic mass is 10.0. The van der Waals surface area contributed by atoms with Crippen molar-refractivity contribution in [1.82, 2.24) is 10.2 Å². The van der Waals surface area contributed by atoms with Gasteiger partial charge >= 0.3 is 0 Å². The van der Waals surface area contributed by atoms with E-state index in [1.807, 2.05) is 18.2 Å². The fourth-order valence-electron chi connectivity index (χ4n) is 3.37. The van der Waals surface area contributed by atoms with Crippen LogP contribution < -0.4 is 15.8 Å². The molecule has 0 aromatic heterocycles. The van der Waals surface area contributed by atoms with Crippen LogP contribution in [0.4, 0.5) is 0 Å². The highest BCUT2D eigenvalue weighted by molar-refractivity contribution is 6.14. The van der Waals surface area contributed by atoms with Gasteiger partial charge in [0.2, 0.25) is 11.8 Å².